The first kappa shape index (κ1) is 20.6. The van der Waals surface area contributed by atoms with E-state index in [-0.39, 0.29) is 0 Å². The second-order valence-corrected chi connectivity index (χ2v) is 8.46. The molecule has 2 fully saturated rings. The minimum atomic E-state index is 0.418. The largest absolute Gasteiger partial charge is 0.356 e. The third-order valence-electron chi connectivity index (χ3n) is 6.32. The molecule has 0 amide bonds. The van der Waals surface area contributed by atoms with Crippen LogP contribution in [-0.4, -0.2) is 50.9 Å². The van der Waals surface area contributed by atoms with Crippen molar-refractivity contribution in [2.45, 2.75) is 70.5 Å². The molecular weight excluding hydrogens is 376 g/mol. The van der Waals surface area contributed by atoms with Crippen LogP contribution in [0.2, 0.25) is 0 Å². The molecule has 1 saturated carbocycles. The smallest absolute Gasteiger partial charge is 0.192 e. The summed E-state index contributed by atoms with van der Waals surface area (Å²) in [5.41, 5.74) is 0. The molecule has 2 aliphatic rings. The molecule has 0 atom stereocenters. The highest BCUT2D eigenvalue weighted by Gasteiger charge is 2.22. The predicted octanol–water partition coefficient (Wildman–Crippen LogP) is 2.56. The summed E-state index contributed by atoms with van der Waals surface area (Å²) in [4.78, 5) is 11.7. The summed E-state index contributed by atoms with van der Waals surface area (Å²) in [6, 6.07) is 7.05. The fraction of sp³-hybridized carbons (Fsp3) is 0.636. The van der Waals surface area contributed by atoms with Gasteiger partial charge >= 0.3 is 0 Å². The van der Waals surface area contributed by atoms with Crippen LogP contribution < -0.4 is 15.5 Å². The zero-order chi connectivity index (χ0) is 20.8. The molecule has 3 heterocycles. The zero-order valence-electron chi connectivity index (χ0n) is 18.2. The third-order valence-corrected chi connectivity index (χ3v) is 6.32. The highest BCUT2D eigenvalue weighted by molar-refractivity contribution is 5.80. The first-order valence-electron chi connectivity index (χ1n) is 11.3. The lowest BCUT2D eigenvalue weighted by atomic mass is 9.95. The molecule has 2 aromatic rings. The molecule has 0 spiro atoms. The summed E-state index contributed by atoms with van der Waals surface area (Å²) in [5, 5.41) is 15.8. The number of guanidine groups is 1. The van der Waals surface area contributed by atoms with E-state index in [1.165, 1.54) is 32.1 Å². The number of anilines is 1. The Labute approximate surface area is 179 Å². The van der Waals surface area contributed by atoms with Crippen molar-refractivity contribution in [1.29, 1.82) is 0 Å². The Bertz CT molecular complexity index is 817. The minimum Gasteiger partial charge on any atom is -0.356 e. The number of hydrogen-bond acceptors (Lipinski definition) is 5. The third kappa shape index (κ3) is 5.29. The Balaban J connectivity index is 1.38. The van der Waals surface area contributed by atoms with Gasteiger partial charge in [0.1, 0.15) is 18.2 Å². The molecule has 0 radical (unpaired) electrons. The van der Waals surface area contributed by atoms with Gasteiger partial charge in [0.2, 0.25) is 0 Å². The van der Waals surface area contributed by atoms with Crippen LogP contribution in [0.4, 0.5) is 5.82 Å². The highest BCUT2D eigenvalue weighted by atomic mass is 15.3. The van der Waals surface area contributed by atoms with Gasteiger partial charge in [0.05, 0.1) is 0 Å². The van der Waals surface area contributed by atoms with Gasteiger partial charge in [-0.15, -0.1) is 10.2 Å². The van der Waals surface area contributed by atoms with Crippen LogP contribution in [0.25, 0.3) is 0 Å². The topological polar surface area (TPSA) is 83.3 Å². The van der Waals surface area contributed by atoms with Crippen LogP contribution in [0.15, 0.2) is 29.4 Å². The molecule has 2 aromatic heterocycles. The van der Waals surface area contributed by atoms with Crippen molar-refractivity contribution >= 4 is 11.8 Å². The van der Waals surface area contributed by atoms with E-state index >= 15 is 0 Å². The van der Waals surface area contributed by atoms with E-state index < -0.39 is 0 Å². The molecule has 0 bridgehead atoms. The molecule has 4 rings (SSSR count). The number of pyridine rings is 1. The minimum absolute atomic E-state index is 0.418. The Morgan fingerprint density at radius 3 is 2.40 bits per heavy atom. The van der Waals surface area contributed by atoms with Crippen LogP contribution in [0.5, 0.6) is 0 Å². The van der Waals surface area contributed by atoms with Crippen molar-refractivity contribution < 1.29 is 0 Å². The summed E-state index contributed by atoms with van der Waals surface area (Å²) in [6.07, 6.45) is 10.4. The van der Waals surface area contributed by atoms with E-state index in [9.17, 15) is 0 Å². The maximum atomic E-state index is 4.88. The number of hydrogen-bond donors (Lipinski definition) is 2. The van der Waals surface area contributed by atoms with Gasteiger partial charge < -0.3 is 20.1 Å². The Morgan fingerprint density at radius 2 is 1.77 bits per heavy atom. The van der Waals surface area contributed by atoms with E-state index in [1.54, 1.807) is 0 Å². The molecule has 30 heavy (non-hydrogen) atoms. The lowest BCUT2D eigenvalue weighted by Crippen LogP contribution is -2.51. The first-order valence-corrected chi connectivity index (χ1v) is 11.3. The monoisotopic (exact) mass is 410 g/mol. The first-order chi connectivity index (χ1) is 14.7. The van der Waals surface area contributed by atoms with Gasteiger partial charge in [-0.1, -0.05) is 25.3 Å². The van der Waals surface area contributed by atoms with Crippen molar-refractivity contribution in [2.24, 2.45) is 12.0 Å². The zero-order valence-corrected chi connectivity index (χ0v) is 18.2. The van der Waals surface area contributed by atoms with E-state index in [0.717, 1.165) is 49.4 Å². The van der Waals surface area contributed by atoms with E-state index in [4.69, 9.17) is 4.99 Å². The normalized spacial score (nSPS) is 19.1. The van der Waals surface area contributed by atoms with E-state index in [2.05, 4.69) is 42.8 Å². The SMILES string of the molecule is Cc1nnc(CN=C(NC2CCCCC2)NC2CCN(c3ccccn3)CC2)n1C. The van der Waals surface area contributed by atoms with Gasteiger partial charge in [0, 0.05) is 38.4 Å². The summed E-state index contributed by atoms with van der Waals surface area (Å²) in [5.74, 6) is 3.79. The summed E-state index contributed by atoms with van der Waals surface area (Å²) in [6.45, 7) is 4.52. The number of rotatable bonds is 5. The number of piperidine rings is 1. The quantitative estimate of drug-likeness (QED) is 0.582. The van der Waals surface area contributed by atoms with Crippen molar-refractivity contribution in [3.05, 3.63) is 36.0 Å². The average Bonchev–Trinajstić information content (AvgIpc) is 3.11. The molecule has 2 N–H and O–H groups in total. The number of aromatic nitrogens is 4. The van der Waals surface area contributed by atoms with Crippen molar-refractivity contribution in [1.82, 2.24) is 30.4 Å². The predicted molar refractivity (Wildman–Crippen MR) is 119 cm³/mol. The molecule has 1 saturated heterocycles. The van der Waals surface area contributed by atoms with Gasteiger partial charge in [-0.2, -0.15) is 0 Å². The molecule has 0 unspecified atom stereocenters. The average molecular weight is 411 g/mol. The molecular formula is C22H34N8. The number of aliphatic imine (C=N–C) groups is 1. The van der Waals surface area contributed by atoms with Crippen molar-refractivity contribution in [2.75, 3.05) is 18.0 Å². The molecule has 8 heteroatoms. The molecule has 1 aliphatic carbocycles. The number of nitrogens with one attached hydrogen (secondary N) is 2. The molecule has 162 valence electrons. The molecule has 1 aliphatic heterocycles. The van der Waals surface area contributed by atoms with Crippen LogP contribution >= 0.6 is 0 Å². The number of nitrogens with zero attached hydrogens (tertiary/aromatic N) is 6. The second kappa shape index (κ2) is 9.91. The second-order valence-electron chi connectivity index (χ2n) is 8.46. The van der Waals surface area contributed by atoms with Gasteiger partial charge in [0.25, 0.3) is 0 Å². The fourth-order valence-corrected chi connectivity index (χ4v) is 4.30. The summed E-state index contributed by atoms with van der Waals surface area (Å²) < 4.78 is 2.01. The summed E-state index contributed by atoms with van der Waals surface area (Å²) in [7, 11) is 2.00. The van der Waals surface area contributed by atoms with Crippen LogP contribution in [0.3, 0.4) is 0 Å². The van der Waals surface area contributed by atoms with Gasteiger partial charge in [0.15, 0.2) is 11.8 Å². The van der Waals surface area contributed by atoms with Gasteiger partial charge in [-0.25, -0.2) is 9.98 Å². The molecule has 0 aromatic carbocycles. The van der Waals surface area contributed by atoms with Crippen molar-refractivity contribution in [3.8, 4) is 0 Å². The Morgan fingerprint density at radius 1 is 1.03 bits per heavy atom. The van der Waals surface area contributed by atoms with E-state index in [0.29, 0.717) is 18.6 Å². The maximum absolute atomic E-state index is 4.88. The lowest BCUT2D eigenvalue weighted by molar-refractivity contribution is 0.401. The maximum Gasteiger partial charge on any atom is 0.192 e. The Hall–Kier alpha value is -2.64. The van der Waals surface area contributed by atoms with E-state index in [1.807, 2.05) is 30.8 Å². The highest BCUT2D eigenvalue weighted by Crippen LogP contribution is 2.19. The summed E-state index contributed by atoms with van der Waals surface area (Å²) >= 11 is 0. The Kier molecular flexibility index (Phi) is 6.81. The lowest BCUT2D eigenvalue weighted by Gasteiger charge is -2.34. The fourth-order valence-electron chi connectivity index (χ4n) is 4.30. The van der Waals surface area contributed by atoms with Crippen LogP contribution in [0.1, 0.15) is 56.6 Å². The standard InChI is InChI=1S/C22H34N8/c1-17-27-28-21(29(17)2)16-24-22(25-18-8-4-3-5-9-18)26-19-11-14-30(15-12-19)20-10-6-7-13-23-20/h6-7,10,13,18-19H,3-5,8-9,11-12,14-16H2,1-2H3,(H2,24,25,26). The van der Waals surface area contributed by atoms with Crippen molar-refractivity contribution in [3.63, 3.8) is 0 Å². The van der Waals surface area contributed by atoms with Crippen LogP contribution in [-0.2, 0) is 13.6 Å². The van der Waals surface area contributed by atoms with Gasteiger partial charge in [-0.05, 0) is 44.7 Å². The van der Waals surface area contributed by atoms with Crippen LogP contribution in [0, 0.1) is 6.92 Å². The number of aryl methyl sites for hydroxylation is 1. The molecule has 8 nitrogen and oxygen atoms in total. The van der Waals surface area contributed by atoms with Gasteiger partial charge in [-0.3, -0.25) is 0 Å².